The van der Waals surface area contributed by atoms with E-state index in [1.54, 1.807) is 36.4 Å². The quantitative estimate of drug-likeness (QED) is 0.781. The number of hydrogen-bond donors (Lipinski definition) is 1. The maximum absolute atomic E-state index is 13.1. The fraction of sp³-hybridized carbons (Fsp3) is 0.381. The number of hydrogen-bond acceptors (Lipinski definition) is 4. The summed E-state index contributed by atoms with van der Waals surface area (Å²) in [4.78, 5) is 16.9. The van der Waals surface area contributed by atoms with Crippen molar-refractivity contribution in [3.8, 4) is 0 Å². The Hall–Kier alpha value is -2.45. The predicted molar refractivity (Wildman–Crippen MR) is 111 cm³/mol. The summed E-state index contributed by atoms with van der Waals surface area (Å²) in [6.07, 6.45) is 1.81. The van der Waals surface area contributed by atoms with Crippen LogP contribution < -0.4 is 9.62 Å². The number of carbonyl (C=O) groups is 1. The molecule has 1 aliphatic heterocycles. The van der Waals surface area contributed by atoms with E-state index < -0.39 is 10.0 Å². The topological polar surface area (TPSA) is 69.7 Å². The lowest BCUT2D eigenvalue weighted by molar-refractivity contribution is -0.130. The molecule has 3 rings (SSSR count). The van der Waals surface area contributed by atoms with Crippen LogP contribution in [-0.2, 0) is 21.2 Å². The number of benzene rings is 2. The van der Waals surface area contributed by atoms with Gasteiger partial charge in [-0.15, -0.1) is 0 Å². The molecule has 0 saturated carbocycles. The normalized spacial score (nSPS) is 15.2. The SMILES string of the molecule is CNS(=O)(=O)c1ccc(CCC(=O)N2CCCN(c3ccc(F)cc3)CC2)cc1. The Bertz CT molecular complexity index is 931. The van der Waals surface area contributed by atoms with Gasteiger partial charge < -0.3 is 9.80 Å². The van der Waals surface area contributed by atoms with Gasteiger partial charge in [0.15, 0.2) is 0 Å². The molecule has 2 aromatic rings. The van der Waals surface area contributed by atoms with E-state index in [1.165, 1.54) is 19.2 Å². The minimum atomic E-state index is -3.45. The second-order valence-electron chi connectivity index (χ2n) is 7.05. The second kappa shape index (κ2) is 9.37. The molecule has 0 aliphatic carbocycles. The number of nitrogens with one attached hydrogen (secondary N) is 1. The van der Waals surface area contributed by atoms with Gasteiger partial charge in [0, 0.05) is 38.3 Å². The second-order valence-corrected chi connectivity index (χ2v) is 8.94. The van der Waals surface area contributed by atoms with Gasteiger partial charge in [-0.05, 0) is 61.9 Å². The molecule has 0 spiro atoms. The number of carbonyl (C=O) groups excluding carboxylic acids is 1. The molecule has 1 aliphatic rings. The van der Waals surface area contributed by atoms with Crippen molar-refractivity contribution in [3.05, 3.63) is 59.9 Å². The van der Waals surface area contributed by atoms with Crippen molar-refractivity contribution < 1.29 is 17.6 Å². The summed E-state index contributed by atoms with van der Waals surface area (Å²) < 4.78 is 38.9. The maximum atomic E-state index is 13.1. The van der Waals surface area contributed by atoms with Crippen molar-refractivity contribution in [1.82, 2.24) is 9.62 Å². The highest BCUT2D eigenvalue weighted by Gasteiger charge is 2.19. The van der Waals surface area contributed by atoms with Crippen LogP contribution in [0.3, 0.4) is 0 Å². The molecular formula is C21H26FN3O3S. The highest BCUT2D eigenvalue weighted by atomic mass is 32.2. The fourth-order valence-corrected chi connectivity index (χ4v) is 4.17. The third kappa shape index (κ3) is 5.55. The maximum Gasteiger partial charge on any atom is 0.240 e. The van der Waals surface area contributed by atoms with Gasteiger partial charge in [0.25, 0.3) is 0 Å². The van der Waals surface area contributed by atoms with Crippen molar-refractivity contribution in [3.63, 3.8) is 0 Å². The lowest BCUT2D eigenvalue weighted by Crippen LogP contribution is -2.35. The van der Waals surface area contributed by atoms with Gasteiger partial charge in [-0.25, -0.2) is 17.5 Å². The number of nitrogens with zero attached hydrogens (tertiary/aromatic N) is 2. The van der Waals surface area contributed by atoms with Gasteiger partial charge >= 0.3 is 0 Å². The molecular weight excluding hydrogens is 393 g/mol. The molecule has 2 aromatic carbocycles. The number of sulfonamides is 1. The van der Waals surface area contributed by atoms with Gasteiger partial charge in [0.05, 0.1) is 4.90 Å². The minimum Gasteiger partial charge on any atom is -0.370 e. The van der Waals surface area contributed by atoms with Gasteiger partial charge in [-0.3, -0.25) is 4.79 Å². The summed E-state index contributed by atoms with van der Waals surface area (Å²) >= 11 is 0. The molecule has 156 valence electrons. The number of halogens is 1. The highest BCUT2D eigenvalue weighted by Crippen LogP contribution is 2.18. The lowest BCUT2D eigenvalue weighted by atomic mass is 10.1. The summed E-state index contributed by atoms with van der Waals surface area (Å²) in [6.45, 7) is 2.89. The van der Waals surface area contributed by atoms with E-state index in [-0.39, 0.29) is 16.6 Å². The number of anilines is 1. The van der Waals surface area contributed by atoms with Crippen LogP contribution in [0.4, 0.5) is 10.1 Å². The zero-order valence-corrected chi connectivity index (χ0v) is 17.3. The van der Waals surface area contributed by atoms with Gasteiger partial charge in [-0.1, -0.05) is 12.1 Å². The molecule has 1 amide bonds. The largest absolute Gasteiger partial charge is 0.370 e. The van der Waals surface area contributed by atoms with Gasteiger partial charge in [0.2, 0.25) is 15.9 Å². The van der Waals surface area contributed by atoms with Crippen LogP contribution >= 0.6 is 0 Å². The summed E-state index contributed by atoms with van der Waals surface area (Å²) in [5.74, 6) is -0.158. The van der Waals surface area contributed by atoms with Crippen molar-refractivity contribution in [2.24, 2.45) is 0 Å². The first-order valence-electron chi connectivity index (χ1n) is 9.70. The molecule has 6 nitrogen and oxygen atoms in total. The summed E-state index contributed by atoms with van der Waals surface area (Å²) in [5, 5.41) is 0. The van der Waals surface area contributed by atoms with E-state index in [0.717, 1.165) is 24.2 Å². The zero-order valence-electron chi connectivity index (χ0n) is 16.5. The molecule has 0 bridgehead atoms. The average Bonchev–Trinajstić information content (AvgIpc) is 2.99. The van der Waals surface area contributed by atoms with E-state index in [9.17, 15) is 17.6 Å². The van der Waals surface area contributed by atoms with Crippen LogP contribution in [-0.4, -0.2) is 52.5 Å². The first-order chi connectivity index (χ1) is 13.9. The molecule has 0 unspecified atom stereocenters. The van der Waals surface area contributed by atoms with Crippen molar-refractivity contribution in [2.45, 2.75) is 24.2 Å². The van der Waals surface area contributed by atoms with Crippen LogP contribution in [0, 0.1) is 5.82 Å². The van der Waals surface area contributed by atoms with Crippen LogP contribution in [0.5, 0.6) is 0 Å². The Kier molecular flexibility index (Phi) is 6.87. The number of amides is 1. The smallest absolute Gasteiger partial charge is 0.240 e. The zero-order chi connectivity index (χ0) is 20.9. The molecule has 29 heavy (non-hydrogen) atoms. The van der Waals surface area contributed by atoms with E-state index in [1.807, 2.05) is 4.90 Å². The summed E-state index contributed by atoms with van der Waals surface area (Å²) in [6, 6.07) is 13.0. The third-order valence-electron chi connectivity index (χ3n) is 5.17. The van der Waals surface area contributed by atoms with E-state index in [2.05, 4.69) is 9.62 Å². The molecule has 1 fully saturated rings. The highest BCUT2D eigenvalue weighted by molar-refractivity contribution is 7.89. The molecule has 1 heterocycles. The van der Waals surface area contributed by atoms with Crippen LogP contribution in [0.15, 0.2) is 53.4 Å². The molecule has 0 radical (unpaired) electrons. The third-order valence-corrected chi connectivity index (χ3v) is 6.60. The van der Waals surface area contributed by atoms with Crippen molar-refractivity contribution in [2.75, 3.05) is 38.1 Å². The fourth-order valence-electron chi connectivity index (χ4n) is 3.44. The Balaban J connectivity index is 1.52. The first kappa shape index (κ1) is 21.3. The number of aryl methyl sites for hydroxylation is 1. The molecule has 1 N–H and O–H groups in total. The molecule has 8 heteroatoms. The molecule has 1 saturated heterocycles. The summed E-state index contributed by atoms with van der Waals surface area (Å²) in [7, 11) is -2.07. The van der Waals surface area contributed by atoms with Crippen LogP contribution in [0.2, 0.25) is 0 Å². The van der Waals surface area contributed by atoms with Crippen molar-refractivity contribution >= 4 is 21.6 Å². The van der Waals surface area contributed by atoms with Crippen molar-refractivity contribution in [1.29, 1.82) is 0 Å². The summed E-state index contributed by atoms with van der Waals surface area (Å²) in [5.41, 5.74) is 1.90. The van der Waals surface area contributed by atoms with E-state index in [0.29, 0.717) is 32.5 Å². The Morgan fingerprint density at radius 3 is 2.34 bits per heavy atom. The van der Waals surface area contributed by atoms with Gasteiger partial charge in [-0.2, -0.15) is 0 Å². The predicted octanol–water partition coefficient (Wildman–Crippen LogP) is 2.41. The van der Waals surface area contributed by atoms with Crippen LogP contribution in [0.25, 0.3) is 0 Å². The Labute approximate surface area is 171 Å². The molecule has 0 atom stereocenters. The average molecular weight is 420 g/mol. The van der Waals surface area contributed by atoms with Crippen LogP contribution in [0.1, 0.15) is 18.4 Å². The monoisotopic (exact) mass is 419 g/mol. The van der Waals surface area contributed by atoms with Gasteiger partial charge in [0.1, 0.15) is 5.82 Å². The van der Waals surface area contributed by atoms with E-state index >= 15 is 0 Å². The number of rotatable bonds is 6. The lowest BCUT2D eigenvalue weighted by Gasteiger charge is -2.23. The standard InChI is InChI=1S/C21H26FN3O3S/c1-23-29(27,28)20-10-3-17(4-11-20)5-12-21(26)25-14-2-13-24(15-16-25)19-8-6-18(22)7-9-19/h3-4,6-11,23H,2,5,12-16H2,1H3. The first-order valence-corrected chi connectivity index (χ1v) is 11.2. The Morgan fingerprint density at radius 1 is 1.00 bits per heavy atom. The minimum absolute atomic E-state index is 0.0953. The van der Waals surface area contributed by atoms with E-state index in [4.69, 9.17) is 0 Å². The Morgan fingerprint density at radius 2 is 1.69 bits per heavy atom. The molecule has 0 aromatic heterocycles.